The Morgan fingerprint density at radius 1 is 1.25 bits per heavy atom. The highest BCUT2D eigenvalue weighted by Gasteiger charge is 2.13. The Labute approximate surface area is 119 Å². The van der Waals surface area contributed by atoms with Gasteiger partial charge in [-0.3, -0.25) is 4.79 Å². The van der Waals surface area contributed by atoms with Gasteiger partial charge in [-0.05, 0) is 25.5 Å². The van der Waals surface area contributed by atoms with Crippen molar-refractivity contribution in [2.75, 3.05) is 20.3 Å². The summed E-state index contributed by atoms with van der Waals surface area (Å²) in [4.78, 5) is 11.8. The third kappa shape index (κ3) is 3.20. The first-order valence-electron chi connectivity index (χ1n) is 6.86. The van der Waals surface area contributed by atoms with Crippen molar-refractivity contribution >= 4 is 16.9 Å². The quantitative estimate of drug-likeness (QED) is 0.601. The number of carbonyl (C=O) groups is 1. The molecular formula is C16H21NO3. The van der Waals surface area contributed by atoms with Gasteiger partial charge in [0, 0.05) is 30.3 Å². The molecule has 0 saturated heterocycles. The van der Waals surface area contributed by atoms with E-state index >= 15 is 0 Å². The molecule has 0 N–H and O–H groups in total. The number of aromatic nitrogens is 1. The van der Waals surface area contributed by atoms with Crippen LogP contribution in [0.15, 0.2) is 30.5 Å². The van der Waals surface area contributed by atoms with Crippen molar-refractivity contribution in [1.29, 1.82) is 0 Å². The van der Waals surface area contributed by atoms with Crippen molar-refractivity contribution in [1.82, 2.24) is 4.57 Å². The predicted octanol–water partition coefficient (Wildman–Crippen LogP) is 2.95. The molecule has 0 bridgehead atoms. The second kappa shape index (κ2) is 6.57. The van der Waals surface area contributed by atoms with Crippen LogP contribution in [0.2, 0.25) is 0 Å². The number of ether oxygens (including phenoxy) is 2. The highest BCUT2D eigenvalue weighted by atomic mass is 16.6. The van der Waals surface area contributed by atoms with Gasteiger partial charge in [-0.25, -0.2) is 0 Å². The Morgan fingerprint density at radius 2 is 2.00 bits per heavy atom. The number of benzene rings is 1. The molecular weight excluding hydrogens is 254 g/mol. The molecule has 0 aliphatic heterocycles. The molecule has 0 aliphatic rings. The molecule has 2 rings (SSSR count). The van der Waals surface area contributed by atoms with Crippen molar-refractivity contribution in [2.45, 2.75) is 26.3 Å². The van der Waals surface area contributed by atoms with Crippen LogP contribution in [-0.2, 0) is 20.7 Å². The zero-order chi connectivity index (χ0) is 14.5. The van der Waals surface area contributed by atoms with E-state index < -0.39 is 0 Å². The van der Waals surface area contributed by atoms with Gasteiger partial charge < -0.3 is 14.0 Å². The zero-order valence-electron chi connectivity index (χ0n) is 12.3. The summed E-state index contributed by atoms with van der Waals surface area (Å²) in [5.41, 5.74) is 2.17. The fourth-order valence-electron chi connectivity index (χ4n) is 2.29. The van der Waals surface area contributed by atoms with Crippen molar-refractivity contribution in [3.8, 4) is 0 Å². The minimum atomic E-state index is -0.214. The Morgan fingerprint density at radius 3 is 2.70 bits per heavy atom. The van der Waals surface area contributed by atoms with Gasteiger partial charge in [0.2, 0.25) is 0 Å². The van der Waals surface area contributed by atoms with E-state index in [9.17, 15) is 4.79 Å². The molecule has 1 aromatic carbocycles. The lowest BCUT2D eigenvalue weighted by molar-refractivity contribution is -0.144. The highest BCUT2D eigenvalue weighted by Crippen LogP contribution is 2.25. The molecule has 0 unspecified atom stereocenters. The van der Waals surface area contributed by atoms with E-state index in [-0.39, 0.29) is 5.97 Å². The van der Waals surface area contributed by atoms with Crippen LogP contribution in [0, 0.1) is 0 Å². The molecule has 20 heavy (non-hydrogen) atoms. The van der Waals surface area contributed by atoms with Gasteiger partial charge in [-0.15, -0.1) is 0 Å². The van der Waals surface area contributed by atoms with Crippen molar-refractivity contribution in [3.05, 3.63) is 36.0 Å². The van der Waals surface area contributed by atoms with Crippen LogP contribution >= 0.6 is 0 Å². The van der Waals surface area contributed by atoms with E-state index in [2.05, 4.69) is 24.5 Å². The fraction of sp³-hybridized carbons (Fsp3) is 0.438. The van der Waals surface area contributed by atoms with Gasteiger partial charge >= 0.3 is 5.97 Å². The van der Waals surface area contributed by atoms with E-state index in [4.69, 9.17) is 9.47 Å². The summed E-state index contributed by atoms with van der Waals surface area (Å²) in [5.74, 6) is -0.214. The first-order chi connectivity index (χ1) is 9.63. The maximum atomic E-state index is 11.8. The van der Waals surface area contributed by atoms with Crippen LogP contribution in [0.4, 0.5) is 0 Å². The average Bonchev–Trinajstić information content (AvgIpc) is 2.78. The fourth-order valence-corrected chi connectivity index (χ4v) is 2.29. The maximum Gasteiger partial charge on any atom is 0.310 e. The van der Waals surface area contributed by atoms with Gasteiger partial charge in [-0.2, -0.15) is 0 Å². The summed E-state index contributed by atoms with van der Waals surface area (Å²) in [5, 5.41) is 1.12. The average molecular weight is 275 g/mol. The SMILES string of the molecule is COCCOC(=O)Cc1cn(C(C)C)c2ccccc12. The standard InChI is InChI=1S/C16H21NO3/c1-12(2)17-11-13(10-16(18)20-9-8-19-3)14-6-4-5-7-15(14)17/h4-7,11-12H,8-10H2,1-3H3. The molecule has 0 saturated carbocycles. The van der Waals surface area contributed by atoms with Gasteiger partial charge in [-0.1, -0.05) is 18.2 Å². The Hall–Kier alpha value is -1.81. The first-order valence-corrected chi connectivity index (χ1v) is 6.86. The number of hydrogen-bond donors (Lipinski definition) is 0. The van der Waals surface area contributed by atoms with E-state index in [1.54, 1.807) is 7.11 Å². The Bertz CT molecular complexity index is 586. The second-order valence-corrected chi connectivity index (χ2v) is 5.06. The van der Waals surface area contributed by atoms with Gasteiger partial charge in [0.15, 0.2) is 0 Å². The summed E-state index contributed by atoms with van der Waals surface area (Å²) in [7, 11) is 1.59. The molecule has 0 atom stereocenters. The Balaban J connectivity index is 2.20. The normalized spacial score (nSPS) is 11.2. The van der Waals surface area contributed by atoms with E-state index in [1.165, 1.54) is 0 Å². The smallest absolute Gasteiger partial charge is 0.310 e. The summed E-state index contributed by atoms with van der Waals surface area (Å²) in [6.45, 7) is 5.00. The van der Waals surface area contributed by atoms with Gasteiger partial charge in [0.25, 0.3) is 0 Å². The second-order valence-electron chi connectivity index (χ2n) is 5.06. The van der Waals surface area contributed by atoms with E-state index in [0.717, 1.165) is 16.5 Å². The maximum absolute atomic E-state index is 11.8. The molecule has 1 aromatic heterocycles. The van der Waals surface area contributed by atoms with E-state index in [1.807, 2.05) is 24.4 Å². The number of rotatable bonds is 6. The summed E-state index contributed by atoms with van der Waals surface area (Å²) >= 11 is 0. The predicted molar refractivity (Wildman–Crippen MR) is 78.9 cm³/mol. The summed E-state index contributed by atoms with van der Waals surface area (Å²) in [6, 6.07) is 8.49. The molecule has 2 aromatic rings. The van der Waals surface area contributed by atoms with Crippen LogP contribution in [0.1, 0.15) is 25.5 Å². The van der Waals surface area contributed by atoms with E-state index in [0.29, 0.717) is 25.7 Å². The lowest BCUT2D eigenvalue weighted by atomic mass is 10.1. The van der Waals surface area contributed by atoms with Gasteiger partial charge in [0.1, 0.15) is 6.61 Å². The third-order valence-corrected chi connectivity index (χ3v) is 3.26. The minimum absolute atomic E-state index is 0.214. The zero-order valence-corrected chi connectivity index (χ0v) is 12.3. The third-order valence-electron chi connectivity index (χ3n) is 3.26. The number of esters is 1. The molecule has 0 radical (unpaired) electrons. The Kier molecular flexibility index (Phi) is 4.79. The summed E-state index contributed by atoms with van der Waals surface area (Å²) in [6.07, 6.45) is 2.34. The van der Waals surface area contributed by atoms with Crippen LogP contribution in [0.5, 0.6) is 0 Å². The molecule has 4 nitrogen and oxygen atoms in total. The number of fused-ring (bicyclic) bond motifs is 1. The van der Waals surface area contributed by atoms with Gasteiger partial charge in [0.05, 0.1) is 13.0 Å². The summed E-state index contributed by atoms with van der Waals surface area (Å²) < 4.78 is 12.2. The molecule has 0 spiro atoms. The molecule has 1 heterocycles. The van der Waals surface area contributed by atoms with Crippen molar-refractivity contribution in [2.24, 2.45) is 0 Å². The largest absolute Gasteiger partial charge is 0.463 e. The number of carbonyl (C=O) groups excluding carboxylic acids is 1. The minimum Gasteiger partial charge on any atom is -0.463 e. The topological polar surface area (TPSA) is 40.5 Å². The molecule has 108 valence electrons. The van der Waals surface area contributed by atoms with Crippen LogP contribution in [0.3, 0.4) is 0 Å². The van der Waals surface area contributed by atoms with Crippen molar-refractivity contribution < 1.29 is 14.3 Å². The first kappa shape index (κ1) is 14.6. The molecule has 0 aliphatic carbocycles. The lowest BCUT2D eigenvalue weighted by Gasteiger charge is -2.08. The number of nitrogens with zero attached hydrogens (tertiary/aromatic N) is 1. The van der Waals surface area contributed by atoms with Crippen LogP contribution in [0.25, 0.3) is 10.9 Å². The van der Waals surface area contributed by atoms with Crippen molar-refractivity contribution in [3.63, 3.8) is 0 Å². The van der Waals surface area contributed by atoms with Crippen LogP contribution < -0.4 is 0 Å². The van der Waals surface area contributed by atoms with Crippen LogP contribution in [-0.4, -0.2) is 30.9 Å². The molecule has 4 heteroatoms. The lowest BCUT2D eigenvalue weighted by Crippen LogP contribution is -2.11. The number of methoxy groups -OCH3 is 1. The number of hydrogen-bond acceptors (Lipinski definition) is 3. The molecule has 0 fully saturated rings. The highest BCUT2D eigenvalue weighted by molar-refractivity contribution is 5.88. The molecule has 0 amide bonds. The monoisotopic (exact) mass is 275 g/mol. The number of para-hydroxylation sites is 1.